The van der Waals surface area contributed by atoms with Crippen molar-refractivity contribution in [1.29, 1.82) is 0 Å². The zero-order valence-electron chi connectivity index (χ0n) is 27.4. The Bertz CT molecular complexity index is 1380. The molecule has 1 atom stereocenters. The van der Waals surface area contributed by atoms with Gasteiger partial charge in [0.25, 0.3) is 0 Å². The summed E-state index contributed by atoms with van der Waals surface area (Å²) >= 11 is 0. The number of nitrogens with zero attached hydrogens (tertiary/aromatic N) is 2. The lowest BCUT2D eigenvalue weighted by Crippen LogP contribution is -2.43. The first-order valence-electron chi connectivity index (χ1n) is 15.6. The molecule has 0 aliphatic carbocycles. The predicted octanol–water partition coefficient (Wildman–Crippen LogP) is 8.65. The Morgan fingerprint density at radius 1 is 1.05 bits per heavy atom. The van der Waals surface area contributed by atoms with Crippen molar-refractivity contribution in [3.05, 3.63) is 83.7 Å². The van der Waals surface area contributed by atoms with Crippen LogP contribution in [0, 0.1) is 17.0 Å². The number of hydrogen-bond acceptors (Lipinski definition) is 3. The van der Waals surface area contributed by atoms with Gasteiger partial charge in [-0.1, -0.05) is 77.7 Å². The van der Waals surface area contributed by atoms with Gasteiger partial charge in [0.1, 0.15) is 11.6 Å². The lowest BCUT2D eigenvalue weighted by atomic mass is 9.82. The van der Waals surface area contributed by atoms with E-state index in [0.29, 0.717) is 51.1 Å². The van der Waals surface area contributed by atoms with Gasteiger partial charge in [0, 0.05) is 57.1 Å². The number of rotatable bonds is 14. The Kier molecular flexibility index (Phi) is 12.3. The highest BCUT2D eigenvalue weighted by Crippen LogP contribution is 2.41. The van der Waals surface area contributed by atoms with Gasteiger partial charge in [0.2, 0.25) is 5.91 Å². The van der Waals surface area contributed by atoms with Gasteiger partial charge in [0.05, 0.1) is 12.6 Å². The second kappa shape index (κ2) is 15.5. The maximum Gasteiger partial charge on any atom is 0.407 e. The molecule has 0 unspecified atom stereocenters. The summed E-state index contributed by atoms with van der Waals surface area (Å²) in [6.45, 7) is 16.6. The van der Waals surface area contributed by atoms with Crippen molar-refractivity contribution in [2.75, 3.05) is 19.7 Å². The molecule has 0 fully saturated rings. The standard InChI is InChI=1S/C35H49F2N3O3Si/c1-8-13-32(41)40(19-12-18-38-34(42)43-20-21-44(5,6)7)33(35(2,3)4)31-22-27(29-23-28(36)16-17-30(29)37)25-39(31)24-26-14-10-9-11-15-26/h9-11,14-17,22-23,25,33H,8,12-13,18-21,24H2,1-7H3,(H,38,42)/t33-/m0/s1. The maximum atomic E-state index is 15.0. The number of amides is 2. The summed E-state index contributed by atoms with van der Waals surface area (Å²) in [5.41, 5.74) is 2.20. The van der Waals surface area contributed by atoms with Gasteiger partial charge in [-0.05, 0) is 54.1 Å². The van der Waals surface area contributed by atoms with E-state index in [-0.39, 0.29) is 17.5 Å². The van der Waals surface area contributed by atoms with Crippen LogP contribution in [-0.2, 0) is 16.1 Å². The van der Waals surface area contributed by atoms with Gasteiger partial charge < -0.3 is 19.5 Å². The number of halogens is 2. The van der Waals surface area contributed by atoms with Crippen molar-refractivity contribution in [2.24, 2.45) is 5.41 Å². The molecule has 0 bridgehead atoms. The van der Waals surface area contributed by atoms with Crippen molar-refractivity contribution >= 4 is 20.1 Å². The summed E-state index contributed by atoms with van der Waals surface area (Å²) < 4.78 is 36.6. The van der Waals surface area contributed by atoms with Crippen molar-refractivity contribution < 1.29 is 23.1 Å². The fourth-order valence-corrected chi connectivity index (χ4v) is 6.02. The van der Waals surface area contributed by atoms with Crippen LogP contribution in [0.2, 0.25) is 25.7 Å². The highest BCUT2D eigenvalue weighted by molar-refractivity contribution is 6.76. The Hall–Kier alpha value is -3.46. The smallest absolute Gasteiger partial charge is 0.407 e. The zero-order chi connectivity index (χ0) is 32.5. The number of alkyl carbamates (subject to hydrolysis) is 1. The first-order valence-corrected chi connectivity index (χ1v) is 19.3. The number of ether oxygens (including phenoxy) is 1. The minimum Gasteiger partial charge on any atom is -0.450 e. The molecule has 2 amide bonds. The van der Waals surface area contributed by atoms with Gasteiger partial charge in [-0.25, -0.2) is 13.6 Å². The Labute approximate surface area is 262 Å². The highest BCUT2D eigenvalue weighted by atomic mass is 28.3. The normalized spacial score (nSPS) is 12.6. The lowest BCUT2D eigenvalue weighted by Gasteiger charge is -2.41. The van der Waals surface area contributed by atoms with Crippen molar-refractivity contribution in [2.45, 2.75) is 85.2 Å². The summed E-state index contributed by atoms with van der Waals surface area (Å²) in [4.78, 5) is 27.9. The molecule has 0 aliphatic rings. The van der Waals surface area contributed by atoms with Crippen LogP contribution < -0.4 is 5.32 Å². The quantitative estimate of drug-likeness (QED) is 0.144. The van der Waals surface area contributed by atoms with E-state index < -0.39 is 31.2 Å². The molecule has 0 radical (unpaired) electrons. The van der Waals surface area contributed by atoms with E-state index >= 15 is 0 Å². The number of carbonyl (C=O) groups excluding carboxylic acids is 2. The monoisotopic (exact) mass is 625 g/mol. The molecule has 6 nitrogen and oxygen atoms in total. The van der Waals surface area contributed by atoms with Gasteiger partial charge >= 0.3 is 6.09 Å². The summed E-state index contributed by atoms with van der Waals surface area (Å²) in [6, 6.07) is 15.8. The largest absolute Gasteiger partial charge is 0.450 e. The molecule has 1 aromatic heterocycles. The van der Waals surface area contributed by atoms with E-state index in [1.165, 1.54) is 6.07 Å². The van der Waals surface area contributed by atoms with Crippen molar-refractivity contribution in [3.8, 4) is 11.1 Å². The van der Waals surface area contributed by atoms with Crippen molar-refractivity contribution in [3.63, 3.8) is 0 Å². The van der Waals surface area contributed by atoms with Gasteiger partial charge in [-0.2, -0.15) is 0 Å². The third kappa shape index (κ3) is 10.3. The van der Waals surface area contributed by atoms with Crippen LogP contribution in [0.5, 0.6) is 0 Å². The first-order chi connectivity index (χ1) is 20.7. The van der Waals surface area contributed by atoms with E-state index in [0.717, 1.165) is 29.4 Å². The van der Waals surface area contributed by atoms with E-state index in [2.05, 4.69) is 45.7 Å². The summed E-state index contributed by atoms with van der Waals surface area (Å²) in [6.07, 6.45) is 3.01. The minimum atomic E-state index is -1.31. The molecule has 0 saturated carbocycles. The van der Waals surface area contributed by atoms with Gasteiger partial charge in [0.15, 0.2) is 0 Å². The molecule has 240 valence electrons. The second-order valence-corrected chi connectivity index (χ2v) is 19.3. The van der Waals surface area contributed by atoms with Gasteiger partial charge in [-0.15, -0.1) is 0 Å². The molecule has 0 aliphatic heterocycles. The number of hydrogen-bond donors (Lipinski definition) is 1. The molecule has 3 rings (SSSR count). The topological polar surface area (TPSA) is 63.6 Å². The zero-order valence-corrected chi connectivity index (χ0v) is 28.4. The molecule has 44 heavy (non-hydrogen) atoms. The van der Waals surface area contributed by atoms with Crippen LogP contribution in [0.4, 0.5) is 13.6 Å². The van der Waals surface area contributed by atoms with E-state index in [1.807, 2.05) is 59.0 Å². The third-order valence-corrected chi connectivity index (χ3v) is 9.20. The molecule has 0 saturated heterocycles. The molecular weight excluding hydrogens is 576 g/mol. The average Bonchev–Trinajstić information content (AvgIpc) is 3.33. The van der Waals surface area contributed by atoms with E-state index in [9.17, 15) is 18.4 Å². The predicted molar refractivity (Wildman–Crippen MR) is 176 cm³/mol. The average molecular weight is 626 g/mol. The van der Waals surface area contributed by atoms with Crippen molar-refractivity contribution in [1.82, 2.24) is 14.8 Å². The first kappa shape index (κ1) is 35.0. The lowest BCUT2D eigenvalue weighted by molar-refractivity contribution is -0.136. The van der Waals surface area contributed by atoms with Gasteiger partial charge in [-0.3, -0.25) is 4.79 Å². The number of carbonyl (C=O) groups is 2. The summed E-state index contributed by atoms with van der Waals surface area (Å²) in [7, 11) is -1.31. The Balaban J connectivity index is 1.95. The van der Waals surface area contributed by atoms with Crippen LogP contribution in [-0.4, -0.2) is 49.2 Å². The minimum absolute atomic E-state index is 0.0103. The van der Waals surface area contributed by atoms with Crippen LogP contribution in [0.15, 0.2) is 60.8 Å². The van der Waals surface area contributed by atoms with Crippen LogP contribution >= 0.6 is 0 Å². The SMILES string of the molecule is CCCC(=O)N(CCCNC(=O)OCC[Si](C)(C)C)[C@@H](c1cc(-c2cc(F)ccc2F)cn1Cc1ccccc1)C(C)(C)C. The van der Waals surface area contributed by atoms with Crippen LogP contribution in [0.3, 0.4) is 0 Å². The molecular formula is C35H49F2N3O3Si. The molecule has 1 N–H and O–H groups in total. The number of nitrogens with one attached hydrogen (secondary N) is 1. The molecule has 3 aromatic rings. The fraction of sp³-hybridized carbons (Fsp3) is 0.486. The van der Waals surface area contributed by atoms with Crippen LogP contribution in [0.25, 0.3) is 11.1 Å². The van der Waals surface area contributed by atoms with E-state index in [4.69, 9.17) is 4.74 Å². The second-order valence-electron chi connectivity index (χ2n) is 13.7. The number of benzene rings is 2. The Morgan fingerprint density at radius 2 is 1.75 bits per heavy atom. The molecule has 0 spiro atoms. The maximum absolute atomic E-state index is 15.0. The summed E-state index contributed by atoms with van der Waals surface area (Å²) in [5, 5.41) is 2.83. The molecule has 2 aromatic carbocycles. The van der Waals surface area contributed by atoms with E-state index in [1.54, 1.807) is 0 Å². The summed E-state index contributed by atoms with van der Waals surface area (Å²) in [5.74, 6) is -1.02. The highest BCUT2D eigenvalue weighted by Gasteiger charge is 2.37. The molecule has 9 heteroatoms. The number of aromatic nitrogens is 1. The molecule has 1 heterocycles. The Morgan fingerprint density at radius 3 is 2.39 bits per heavy atom. The van der Waals surface area contributed by atoms with Crippen LogP contribution in [0.1, 0.15) is 64.3 Å². The third-order valence-electron chi connectivity index (χ3n) is 7.49. The fourth-order valence-electron chi connectivity index (χ4n) is 5.31.